The van der Waals surface area contributed by atoms with Crippen LogP contribution in [0.25, 0.3) is 0 Å². The molecule has 72 valence electrons. The maximum atomic E-state index is 11.2. The molecule has 0 aliphatic rings. The minimum atomic E-state index is -1.03. The predicted octanol–water partition coefficient (Wildman–Crippen LogP) is 0.662. The first-order chi connectivity index (χ1) is 6.11. The number of carbonyl (C=O) groups is 2. The standard InChI is InChI=1S/C9H13NO3/c1-3-5-8(11)10(6-4-2)7-9(12)13/h3-5H,2,6-7H2,1H3,(H,12,13). The zero-order chi connectivity index (χ0) is 10.3. The van der Waals surface area contributed by atoms with E-state index in [0.717, 1.165) is 0 Å². The van der Waals surface area contributed by atoms with Crippen molar-refractivity contribution in [3.8, 4) is 0 Å². The van der Waals surface area contributed by atoms with E-state index in [1.54, 1.807) is 13.0 Å². The highest BCUT2D eigenvalue weighted by atomic mass is 16.4. The molecule has 0 rings (SSSR count). The predicted molar refractivity (Wildman–Crippen MR) is 49.2 cm³/mol. The molecule has 0 fully saturated rings. The fraction of sp³-hybridized carbons (Fsp3) is 0.333. The fourth-order valence-electron chi connectivity index (χ4n) is 0.800. The molecule has 0 aliphatic heterocycles. The van der Waals surface area contributed by atoms with E-state index in [-0.39, 0.29) is 19.0 Å². The second-order valence-corrected chi connectivity index (χ2v) is 2.40. The normalized spacial score (nSPS) is 9.92. The van der Waals surface area contributed by atoms with Crippen LogP contribution >= 0.6 is 0 Å². The van der Waals surface area contributed by atoms with Crippen molar-refractivity contribution in [3.05, 3.63) is 24.8 Å². The minimum absolute atomic E-state index is 0.246. The summed E-state index contributed by atoms with van der Waals surface area (Å²) in [5, 5.41) is 8.48. The number of aliphatic carboxylic acids is 1. The second kappa shape index (κ2) is 5.99. The number of carboxylic acid groups (broad SMARTS) is 1. The molecule has 4 heteroatoms. The van der Waals surface area contributed by atoms with E-state index >= 15 is 0 Å². The van der Waals surface area contributed by atoms with Crippen LogP contribution in [0.5, 0.6) is 0 Å². The van der Waals surface area contributed by atoms with Gasteiger partial charge in [0.25, 0.3) is 0 Å². The van der Waals surface area contributed by atoms with Gasteiger partial charge in [-0.3, -0.25) is 9.59 Å². The van der Waals surface area contributed by atoms with Crippen molar-refractivity contribution in [1.29, 1.82) is 0 Å². The molecule has 0 unspecified atom stereocenters. The van der Waals surface area contributed by atoms with Gasteiger partial charge in [0.1, 0.15) is 6.54 Å². The van der Waals surface area contributed by atoms with Gasteiger partial charge in [-0.15, -0.1) is 6.58 Å². The van der Waals surface area contributed by atoms with Gasteiger partial charge in [-0.25, -0.2) is 0 Å². The quantitative estimate of drug-likeness (QED) is 0.503. The van der Waals surface area contributed by atoms with E-state index in [4.69, 9.17) is 5.11 Å². The van der Waals surface area contributed by atoms with Gasteiger partial charge in [0, 0.05) is 6.54 Å². The summed E-state index contributed by atoms with van der Waals surface area (Å²) in [7, 11) is 0. The summed E-state index contributed by atoms with van der Waals surface area (Å²) in [6.07, 6.45) is 4.39. The first-order valence-electron chi connectivity index (χ1n) is 3.86. The topological polar surface area (TPSA) is 57.6 Å². The van der Waals surface area contributed by atoms with Crippen molar-refractivity contribution in [2.24, 2.45) is 0 Å². The Labute approximate surface area is 77.2 Å². The molecule has 0 aromatic carbocycles. The van der Waals surface area contributed by atoms with Gasteiger partial charge >= 0.3 is 5.97 Å². The highest BCUT2D eigenvalue weighted by molar-refractivity contribution is 5.90. The zero-order valence-electron chi connectivity index (χ0n) is 7.56. The first kappa shape index (κ1) is 11.4. The van der Waals surface area contributed by atoms with Crippen molar-refractivity contribution < 1.29 is 14.7 Å². The SMILES string of the molecule is C=CCN(CC(=O)O)C(=O)C=CC. The summed E-state index contributed by atoms with van der Waals surface area (Å²) in [4.78, 5) is 22.7. The molecule has 0 saturated heterocycles. The highest BCUT2D eigenvalue weighted by Gasteiger charge is 2.11. The number of amides is 1. The van der Waals surface area contributed by atoms with Crippen LogP contribution in [-0.4, -0.2) is 35.0 Å². The summed E-state index contributed by atoms with van der Waals surface area (Å²) >= 11 is 0. The van der Waals surface area contributed by atoms with Crippen LogP contribution in [0.15, 0.2) is 24.8 Å². The Hall–Kier alpha value is -1.58. The van der Waals surface area contributed by atoms with Gasteiger partial charge in [-0.1, -0.05) is 12.2 Å². The molecule has 0 saturated carbocycles. The molecule has 1 amide bonds. The van der Waals surface area contributed by atoms with Crippen LogP contribution in [0.3, 0.4) is 0 Å². The van der Waals surface area contributed by atoms with E-state index in [1.165, 1.54) is 17.1 Å². The zero-order valence-corrected chi connectivity index (χ0v) is 7.56. The van der Waals surface area contributed by atoms with Gasteiger partial charge in [0.15, 0.2) is 0 Å². The highest BCUT2D eigenvalue weighted by Crippen LogP contribution is 1.92. The van der Waals surface area contributed by atoms with Crippen molar-refractivity contribution in [2.75, 3.05) is 13.1 Å². The molecule has 0 aromatic heterocycles. The lowest BCUT2D eigenvalue weighted by molar-refractivity contribution is -0.142. The Balaban J connectivity index is 4.30. The summed E-state index contributed by atoms with van der Waals surface area (Å²) in [5.74, 6) is -1.34. The van der Waals surface area contributed by atoms with Crippen molar-refractivity contribution in [3.63, 3.8) is 0 Å². The molecule has 1 N–H and O–H groups in total. The van der Waals surface area contributed by atoms with Crippen LogP contribution in [0.4, 0.5) is 0 Å². The lowest BCUT2D eigenvalue weighted by Crippen LogP contribution is -2.34. The number of hydrogen-bond donors (Lipinski definition) is 1. The Morgan fingerprint density at radius 3 is 2.54 bits per heavy atom. The number of allylic oxidation sites excluding steroid dienone is 1. The van der Waals surface area contributed by atoms with Crippen LogP contribution in [0.2, 0.25) is 0 Å². The lowest BCUT2D eigenvalue weighted by Gasteiger charge is -2.16. The minimum Gasteiger partial charge on any atom is -0.480 e. The molecule has 0 heterocycles. The van der Waals surface area contributed by atoms with Crippen LogP contribution < -0.4 is 0 Å². The van der Waals surface area contributed by atoms with Gasteiger partial charge in [0.05, 0.1) is 0 Å². The van der Waals surface area contributed by atoms with Crippen LogP contribution in [-0.2, 0) is 9.59 Å². The molecule has 0 bridgehead atoms. The molecule has 0 atom stereocenters. The van der Waals surface area contributed by atoms with Crippen LogP contribution in [0.1, 0.15) is 6.92 Å². The third kappa shape index (κ3) is 4.79. The fourth-order valence-corrected chi connectivity index (χ4v) is 0.800. The molecule has 0 spiro atoms. The maximum absolute atomic E-state index is 11.2. The summed E-state index contributed by atoms with van der Waals surface area (Å²) in [5.41, 5.74) is 0. The molecule has 0 aromatic rings. The third-order valence-electron chi connectivity index (χ3n) is 1.30. The molecule has 13 heavy (non-hydrogen) atoms. The maximum Gasteiger partial charge on any atom is 0.323 e. The average Bonchev–Trinajstić information content (AvgIpc) is 2.03. The van der Waals surface area contributed by atoms with Crippen molar-refractivity contribution in [1.82, 2.24) is 4.90 Å². The van der Waals surface area contributed by atoms with Gasteiger partial charge in [-0.2, -0.15) is 0 Å². The van der Waals surface area contributed by atoms with Crippen LogP contribution in [0, 0.1) is 0 Å². The van der Waals surface area contributed by atoms with E-state index in [9.17, 15) is 9.59 Å². The van der Waals surface area contributed by atoms with E-state index in [0.29, 0.717) is 0 Å². The third-order valence-corrected chi connectivity index (χ3v) is 1.30. The van der Waals surface area contributed by atoms with Crippen molar-refractivity contribution >= 4 is 11.9 Å². The Bertz CT molecular complexity index is 233. The van der Waals surface area contributed by atoms with E-state index in [2.05, 4.69) is 6.58 Å². The molecule has 4 nitrogen and oxygen atoms in total. The summed E-state index contributed by atoms with van der Waals surface area (Å²) < 4.78 is 0. The van der Waals surface area contributed by atoms with Gasteiger partial charge in [-0.05, 0) is 13.0 Å². The van der Waals surface area contributed by atoms with Gasteiger partial charge in [0.2, 0.25) is 5.91 Å². The van der Waals surface area contributed by atoms with Crippen molar-refractivity contribution in [2.45, 2.75) is 6.92 Å². The average molecular weight is 183 g/mol. The number of rotatable bonds is 5. The van der Waals surface area contributed by atoms with E-state index in [1.807, 2.05) is 0 Å². The number of carboxylic acids is 1. The summed E-state index contributed by atoms with van der Waals surface area (Å²) in [6.45, 7) is 5.09. The Morgan fingerprint density at radius 1 is 1.54 bits per heavy atom. The Morgan fingerprint density at radius 2 is 2.15 bits per heavy atom. The largest absolute Gasteiger partial charge is 0.480 e. The molecule has 0 aliphatic carbocycles. The van der Waals surface area contributed by atoms with E-state index < -0.39 is 5.97 Å². The molecular formula is C9H13NO3. The Kier molecular flexibility index (Phi) is 5.27. The molecular weight excluding hydrogens is 170 g/mol. The summed E-state index contributed by atoms with van der Waals surface area (Å²) in [6, 6.07) is 0. The first-order valence-corrected chi connectivity index (χ1v) is 3.86. The van der Waals surface area contributed by atoms with Gasteiger partial charge < -0.3 is 10.0 Å². The molecule has 0 radical (unpaired) electrons. The monoisotopic (exact) mass is 183 g/mol. The number of nitrogens with zero attached hydrogens (tertiary/aromatic N) is 1. The second-order valence-electron chi connectivity index (χ2n) is 2.40. The smallest absolute Gasteiger partial charge is 0.323 e. The number of carbonyl (C=O) groups excluding carboxylic acids is 1. The lowest BCUT2D eigenvalue weighted by atomic mass is 10.4. The number of hydrogen-bond acceptors (Lipinski definition) is 2.